The van der Waals surface area contributed by atoms with Crippen LogP contribution in [0.3, 0.4) is 0 Å². The summed E-state index contributed by atoms with van der Waals surface area (Å²) in [5.74, 6) is 1.22. The fraction of sp³-hybridized carbons (Fsp3) is 0.462. The van der Waals surface area contributed by atoms with Crippen LogP contribution < -0.4 is 9.47 Å². The van der Waals surface area contributed by atoms with Crippen LogP contribution >= 0.6 is 11.8 Å². The van der Waals surface area contributed by atoms with Gasteiger partial charge in [0.15, 0.2) is 17.8 Å². The van der Waals surface area contributed by atoms with Gasteiger partial charge >= 0.3 is 0 Å². The summed E-state index contributed by atoms with van der Waals surface area (Å²) in [5.41, 5.74) is 0.627. The fourth-order valence-corrected chi connectivity index (χ4v) is 2.44. The lowest BCUT2D eigenvalue weighted by Gasteiger charge is -2.20. The van der Waals surface area contributed by atoms with Gasteiger partial charge in [0.25, 0.3) is 0 Å². The molecule has 0 fully saturated rings. The molecular formula is C13H18O3S. The maximum absolute atomic E-state index is 11.1. The lowest BCUT2D eigenvalue weighted by molar-refractivity contribution is 0.112. The van der Waals surface area contributed by atoms with E-state index < -0.39 is 0 Å². The maximum atomic E-state index is 11.1. The first-order valence-electron chi connectivity index (χ1n) is 5.31. The molecule has 0 saturated carbocycles. The summed E-state index contributed by atoms with van der Waals surface area (Å²) in [6.45, 7) is 6.30. The Kier molecular flexibility index (Phi) is 4.46. The van der Waals surface area contributed by atoms with Gasteiger partial charge in [0.1, 0.15) is 0 Å². The molecule has 3 nitrogen and oxygen atoms in total. The summed E-state index contributed by atoms with van der Waals surface area (Å²) in [4.78, 5) is 12.0. The molecule has 0 aliphatic heterocycles. The Morgan fingerprint density at radius 1 is 1.12 bits per heavy atom. The monoisotopic (exact) mass is 254 g/mol. The smallest absolute Gasteiger partial charge is 0.161 e. The number of hydrogen-bond acceptors (Lipinski definition) is 4. The molecule has 4 heteroatoms. The van der Waals surface area contributed by atoms with Gasteiger partial charge in [-0.05, 0) is 12.1 Å². The molecular weight excluding hydrogens is 236 g/mol. The van der Waals surface area contributed by atoms with Crippen molar-refractivity contribution in [1.29, 1.82) is 0 Å². The largest absolute Gasteiger partial charge is 0.493 e. The SMILES string of the molecule is COc1cc(C=O)c(SC(C)(C)C)cc1OC. The van der Waals surface area contributed by atoms with Gasteiger partial charge in [-0.3, -0.25) is 4.79 Å². The summed E-state index contributed by atoms with van der Waals surface area (Å²) in [6.07, 6.45) is 0.843. The third kappa shape index (κ3) is 3.66. The second kappa shape index (κ2) is 5.45. The van der Waals surface area contributed by atoms with Crippen LogP contribution in [0.1, 0.15) is 31.1 Å². The highest BCUT2D eigenvalue weighted by Crippen LogP contribution is 2.39. The van der Waals surface area contributed by atoms with Crippen LogP contribution in [0.2, 0.25) is 0 Å². The molecule has 0 spiro atoms. The van der Waals surface area contributed by atoms with Gasteiger partial charge in [0, 0.05) is 15.2 Å². The average Bonchev–Trinajstić information content (AvgIpc) is 2.26. The van der Waals surface area contributed by atoms with Gasteiger partial charge < -0.3 is 9.47 Å². The second-order valence-electron chi connectivity index (χ2n) is 4.58. The minimum absolute atomic E-state index is 0.0390. The molecule has 0 aliphatic rings. The number of methoxy groups -OCH3 is 2. The van der Waals surface area contributed by atoms with E-state index in [0.29, 0.717) is 17.1 Å². The summed E-state index contributed by atoms with van der Waals surface area (Å²) in [5, 5.41) is 0. The van der Waals surface area contributed by atoms with E-state index in [1.807, 2.05) is 6.07 Å². The van der Waals surface area contributed by atoms with Crippen LogP contribution in [0.4, 0.5) is 0 Å². The number of ether oxygens (including phenoxy) is 2. The third-order valence-electron chi connectivity index (χ3n) is 2.06. The second-order valence-corrected chi connectivity index (χ2v) is 6.45. The molecule has 0 saturated heterocycles. The fourth-order valence-electron chi connectivity index (χ4n) is 1.39. The van der Waals surface area contributed by atoms with Crippen molar-refractivity contribution in [2.24, 2.45) is 0 Å². The van der Waals surface area contributed by atoms with Crippen LogP contribution in [-0.4, -0.2) is 25.3 Å². The van der Waals surface area contributed by atoms with E-state index in [4.69, 9.17) is 9.47 Å². The van der Waals surface area contributed by atoms with E-state index in [-0.39, 0.29) is 4.75 Å². The van der Waals surface area contributed by atoms with Crippen molar-refractivity contribution in [2.45, 2.75) is 30.4 Å². The van der Waals surface area contributed by atoms with Gasteiger partial charge in [0.05, 0.1) is 14.2 Å². The molecule has 94 valence electrons. The number of hydrogen-bond donors (Lipinski definition) is 0. The minimum Gasteiger partial charge on any atom is -0.493 e. The highest BCUT2D eigenvalue weighted by Gasteiger charge is 2.17. The quantitative estimate of drug-likeness (QED) is 0.609. The van der Waals surface area contributed by atoms with E-state index in [1.165, 1.54) is 0 Å². The molecule has 1 aromatic rings. The number of rotatable bonds is 4. The van der Waals surface area contributed by atoms with E-state index in [0.717, 1.165) is 11.2 Å². The Hall–Kier alpha value is -1.16. The van der Waals surface area contributed by atoms with Crippen LogP contribution in [0.5, 0.6) is 11.5 Å². The van der Waals surface area contributed by atoms with Crippen LogP contribution in [0.25, 0.3) is 0 Å². The van der Waals surface area contributed by atoms with Gasteiger partial charge in [-0.2, -0.15) is 0 Å². The normalized spacial score (nSPS) is 11.1. The molecule has 0 heterocycles. The summed E-state index contributed by atoms with van der Waals surface area (Å²) < 4.78 is 10.4. The third-order valence-corrected chi connectivity index (χ3v) is 3.24. The summed E-state index contributed by atoms with van der Waals surface area (Å²) >= 11 is 1.63. The van der Waals surface area contributed by atoms with Crippen molar-refractivity contribution < 1.29 is 14.3 Å². The average molecular weight is 254 g/mol. The van der Waals surface area contributed by atoms with Gasteiger partial charge in [-0.1, -0.05) is 20.8 Å². The van der Waals surface area contributed by atoms with Gasteiger partial charge in [0.2, 0.25) is 0 Å². The summed E-state index contributed by atoms with van der Waals surface area (Å²) in [6, 6.07) is 3.55. The molecule has 0 aromatic heterocycles. The van der Waals surface area contributed by atoms with Gasteiger partial charge in [-0.15, -0.1) is 11.8 Å². The van der Waals surface area contributed by atoms with E-state index in [1.54, 1.807) is 32.0 Å². The zero-order valence-electron chi connectivity index (χ0n) is 10.9. The first kappa shape index (κ1) is 13.9. The molecule has 0 unspecified atom stereocenters. The number of benzene rings is 1. The Bertz CT molecular complexity index is 408. The maximum Gasteiger partial charge on any atom is 0.161 e. The van der Waals surface area contributed by atoms with E-state index >= 15 is 0 Å². The Labute approximate surface area is 106 Å². The number of thioether (sulfide) groups is 1. The molecule has 0 radical (unpaired) electrons. The Morgan fingerprint density at radius 2 is 1.65 bits per heavy atom. The molecule has 0 atom stereocenters. The van der Waals surface area contributed by atoms with Crippen molar-refractivity contribution in [2.75, 3.05) is 14.2 Å². The predicted octanol–water partition coefficient (Wildman–Crippen LogP) is 3.41. The Balaban J connectivity index is 3.24. The van der Waals surface area contributed by atoms with Crippen molar-refractivity contribution >= 4 is 18.0 Å². The van der Waals surface area contributed by atoms with E-state index in [9.17, 15) is 4.79 Å². The highest BCUT2D eigenvalue weighted by atomic mass is 32.2. The predicted molar refractivity (Wildman–Crippen MR) is 70.5 cm³/mol. The van der Waals surface area contributed by atoms with Crippen LogP contribution in [-0.2, 0) is 0 Å². The standard InChI is InChI=1S/C13H18O3S/c1-13(2,3)17-12-7-11(16-5)10(15-4)6-9(12)8-14/h6-8H,1-5H3. The first-order valence-corrected chi connectivity index (χ1v) is 6.13. The van der Waals surface area contributed by atoms with Crippen molar-refractivity contribution in [1.82, 2.24) is 0 Å². The minimum atomic E-state index is 0.0390. The number of carbonyl (C=O) groups excluding carboxylic acids is 1. The van der Waals surface area contributed by atoms with Gasteiger partial charge in [-0.25, -0.2) is 0 Å². The Morgan fingerprint density at radius 3 is 2.06 bits per heavy atom. The summed E-state index contributed by atoms with van der Waals surface area (Å²) in [7, 11) is 3.15. The first-order chi connectivity index (χ1) is 7.91. The number of aldehydes is 1. The number of carbonyl (C=O) groups is 1. The van der Waals surface area contributed by atoms with E-state index in [2.05, 4.69) is 20.8 Å². The van der Waals surface area contributed by atoms with Crippen LogP contribution in [0, 0.1) is 0 Å². The molecule has 0 bridgehead atoms. The lowest BCUT2D eigenvalue weighted by Crippen LogP contribution is -2.08. The molecule has 0 amide bonds. The molecule has 1 aromatic carbocycles. The molecule has 0 N–H and O–H groups in total. The zero-order valence-corrected chi connectivity index (χ0v) is 11.7. The lowest BCUT2D eigenvalue weighted by atomic mass is 10.2. The molecule has 1 rings (SSSR count). The highest BCUT2D eigenvalue weighted by molar-refractivity contribution is 8.00. The molecule has 17 heavy (non-hydrogen) atoms. The van der Waals surface area contributed by atoms with Crippen LogP contribution in [0.15, 0.2) is 17.0 Å². The van der Waals surface area contributed by atoms with Crippen molar-refractivity contribution in [3.8, 4) is 11.5 Å². The molecule has 0 aliphatic carbocycles. The zero-order chi connectivity index (χ0) is 13.1. The van der Waals surface area contributed by atoms with Crippen molar-refractivity contribution in [3.63, 3.8) is 0 Å². The van der Waals surface area contributed by atoms with Crippen molar-refractivity contribution in [3.05, 3.63) is 17.7 Å². The topological polar surface area (TPSA) is 35.5 Å².